The highest BCUT2D eigenvalue weighted by molar-refractivity contribution is 5.30. The Balaban J connectivity index is 2.89. The first kappa shape index (κ1) is 18.2. The van der Waals surface area contributed by atoms with Gasteiger partial charge in [-0.3, -0.25) is 4.68 Å². The third-order valence-corrected chi connectivity index (χ3v) is 3.85. The number of rotatable bonds is 10. The van der Waals surface area contributed by atoms with Crippen LogP contribution in [0.15, 0.2) is 0 Å². The molecule has 4 nitrogen and oxygen atoms in total. The molecule has 1 aromatic rings. The molecule has 1 atom stereocenters. The second-order valence-electron chi connectivity index (χ2n) is 5.96. The number of nitrogens with one attached hydrogen (secondary N) is 1. The Morgan fingerprint density at radius 3 is 2.38 bits per heavy atom. The molecule has 1 heterocycles. The van der Waals surface area contributed by atoms with E-state index < -0.39 is 0 Å². The number of hydrogen-bond donors (Lipinski definition) is 1. The molecule has 0 aliphatic carbocycles. The molecule has 0 spiro atoms. The minimum absolute atomic E-state index is 0.403. The molecule has 4 heteroatoms. The molecular weight excluding hydrogens is 262 g/mol. The largest absolute Gasteiger partial charge is 0.379 e. The highest BCUT2D eigenvalue weighted by Crippen LogP contribution is 2.25. The molecule has 1 unspecified atom stereocenters. The van der Waals surface area contributed by atoms with Crippen molar-refractivity contribution in [1.29, 1.82) is 0 Å². The lowest BCUT2D eigenvalue weighted by Crippen LogP contribution is -2.18. The monoisotopic (exact) mass is 295 g/mol. The van der Waals surface area contributed by atoms with Gasteiger partial charge in [0.05, 0.1) is 18.8 Å². The first-order valence-electron chi connectivity index (χ1n) is 8.42. The summed E-state index contributed by atoms with van der Waals surface area (Å²) in [5.41, 5.74) is 4.01. The zero-order valence-electron chi connectivity index (χ0n) is 14.7. The fourth-order valence-corrected chi connectivity index (χ4v) is 2.81. The second-order valence-corrected chi connectivity index (χ2v) is 5.96. The first-order valence-corrected chi connectivity index (χ1v) is 8.42. The Morgan fingerprint density at radius 1 is 1.19 bits per heavy atom. The molecule has 0 saturated heterocycles. The fraction of sp³-hybridized carbons (Fsp3) is 0.824. The summed E-state index contributed by atoms with van der Waals surface area (Å²) in [6, 6.07) is 0.403. The quantitative estimate of drug-likeness (QED) is 0.673. The second kappa shape index (κ2) is 9.21. The van der Waals surface area contributed by atoms with Gasteiger partial charge in [-0.1, -0.05) is 34.6 Å². The maximum atomic E-state index is 5.72. The molecule has 0 fully saturated rings. The van der Waals surface area contributed by atoms with Crippen LogP contribution < -0.4 is 5.32 Å². The molecular formula is C17H33N3O. The molecule has 1 aromatic heterocycles. The van der Waals surface area contributed by atoms with Crippen molar-refractivity contribution in [2.75, 3.05) is 20.3 Å². The van der Waals surface area contributed by atoms with Crippen molar-refractivity contribution in [3.8, 4) is 0 Å². The molecule has 122 valence electrons. The van der Waals surface area contributed by atoms with Gasteiger partial charge in [0.25, 0.3) is 0 Å². The van der Waals surface area contributed by atoms with Gasteiger partial charge in [-0.25, -0.2) is 0 Å². The zero-order valence-corrected chi connectivity index (χ0v) is 14.7. The van der Waals surface area contributed by atoms with E-state index in [0.717, 1.165) is 39.0 Å². The van der Waals surface area contributed by atoms with Crippen molar-refractivity contribution >= 4 is 0 Å². The minimum atomic E-state index is 0.403. The number of aromatic nitrogens is 2. The first-order chi connectivity index (χ1) is 10.1. The summed E-state index contributed by atoms with van der Waals surface area (Å²) >= 11 is 0. The molecule has 1 N–H and O–H groups in total. The lowest BCUT2D eigenvalue weighted by Gasteiger charge is -2.16. The number of hydrogen-bond acceptors (Lipinski definition) is 3. The summed E-state index contributed by atoms with van der Waals surface area (Å²) in [4.78, 5) is 0. The van der Waals surface area contributed by atoms with Gasteiger partial charge in [-0.05, 0) is 32.2 Å². The molecule has 0 bridgehead atoms. The van der Waals surface area contributed by atoms with Crippen LogP contribution in [0.25, 0.3) is 0 Å². The summed E-state index contributed by atoms with van der Waals surface area (Å²) in [6.07, 6.45) is 3.09. The molecule has 0 aromatic carbocycles. The lowest BCUT2D eigenvalue weighted by molar-refractivity contribution is 0.100. The minimum Gasteiger partial charge on any atom is -0.379 e. The SMILES string of the molecule is CCc1nn(CCOCC(C)C)c(CC)c1C(CC)NC. The molecule has 21 heavy (non-hydrogen) atoms. The van der Waals surface area contributed by atoms with Crippen molar-refractivity contribution in [3.63, 3.8) is 0 Å². The average molecular weight is 295 g/mol. The van der Waals surface area contributed by atoms with E-state index >= 15 is 0 Å². The van der Waals surface area contributed by atoms with E-state index in [9.17, 15) is 0 Å². The number of aryl methyl sites for hydroxylation is 1. The van der Waals surface area contributed by atoms with Gasteiger partial charge in [0.15, 0.2) is 0 Å². The molecule has 0 aliphatic rings. The Morgan fingerprint density at radius 2 is 1.90 bits per heavy atom. The zero-order chi connectivity index (χ0) is 15.8. The predicted molar refractivity (Wildman–Crippen MR) is 88.7 cm³/mol. The Bertz CT molecular complexity index is 408. The fourth-order valence-electron chi connectivity index (χ4n) is 2.81. The van der Waals surface area contributed by atoms with E-state index in [4.69, 9.17) is 9.84 Å². The Hall–Kier alpha value is -0.870. The molecule has 0 saturated carbocycles. The lowest BCUT2D eigenvalue weighted by atomic mass is 9.99. The summed E-state index contributed by atoms with van der Waals surface area (Å²) in [5, 5.41) is 8.26. The van der Waals surface area contributed by atoms with Crippen molar-refractivity contribution in [3.05, 3.63) is 17.0 Å². The number of ether oxygens (including phenoxy) is 1. The van der Waals surface area contributed by atoms with Crippen LogP contribution in [0.2, 0.25) is 0 Å². The van der Waals surface area contributed by atoms with E-state index in [0.29, 0.717) is 12.0 Å². The summed E-state index contributed by atoms with van der Waals surface area (Å²) < 4.78 is 7.88. The molecule has 1 rings (SSSR count). The van der Waals surface area contributed by atoms with Gasteiger partial charge in [-0.15, -0.1) is 0 Å². The highest BCUT2D eigenvalue weighted by atomic mass is 16.5. The van der Waals surface area contributed by atoms with Crippen LogP contribution in [-0.4, -0.2) is 30.0 Å². The number of nitrogens with zero attached hydrogens (tertiary/aromatic N) is 2. The third-order valence-electron chi connectivity index (χ3n) is 3.85. The van der Waals surface area contributed by atoms with Crippen LogP contribution >= 0.6 is 0 Å². The predicted octanol–water partition coefficient (Wildman–Crippen LogP) is 3.35. The van der Waals surface area contributed by atoms with Gasteiger partial charge in [0.1, 0.15) is 0 Å². The highest BCUT2D eigenvalue weighted by Gasteiger charge is 2.21. The van der Waals surface area contributed by atoms with Gasteiger partial charge in [0.2, 0.25) is 0 Å². The van der Waals surface area contributed by atoms with Crippen molar-refractivity contribution in [1.82, 2.24) is 15.1 Å². The van der Waals surface area contributed by atoms with Crippen LogP contribution in [0.1, 0.15) is 64.0 Å². The normalized spacial score (nSPS) is 13.1. The van der Waals surface area contributed by atoms with Gasteiger partial charge in [0, 0.05) is 23.9 Å². The topological polar surface area (TPSA) is 39.1 Å². The molecule has 0 aliphatic heterocycles. The van der Waals surface area contributed by atoms with Gasteiger partial charge < -0.3 is 10.1 Å². The van der Waals surface area contributed by atoms with E-state index in [1.807, 2.05) is 7.05 Å². The molecule has 0 radical (unpaired) electrons. The van der Waals surface area contributed by atoms with Gasteiger partial charge in [-0.2, -0.15) is 5.10 Å². The van der Waals surface area contributed by atoms with Crippen LogP contribution in [0, 0.1) is 5.92 Å². The smallest absolute Gasteiger partial charge is 0.0672 e. The van der Waals surface area contributed by atoms with Crippen molar-refractivity contribution in [2.45, 2.75) is 66.5 Å². The summed E-state index contributed by atoms with van der Waals surface area (Å²) in [5.74, 6) is 0.587. The maximum Gasteiger partial charge on any atom is 0.0672 e. The molecule has 0 amide bonds. The van der Waals surface area contributed by atoms with E-state index in [1.54, 1.807) is 0 Å². The van der Waals surface area contributed by atoms with E-state index in [1.165, 1.54) is 17.0 Å². The summed E-state index contributed by atoms with van der Waals surface area (Å²) in [6.45, 7) is 13.4. The standard InChI is InChI=1S/C17H33N3O/c1-7-14(18-6)17-15(8-2)19-20(16(17)9-3)10-11-21-12-13(4)5/h13-14,18H,7-12H2,1-6H3. The Labute approximate surface area is 130 Å². The van der Waals surface area contributed by atoms with Crippen LogP contribution in [0.5, 0.6) is 0 Å². The Kier molecular flexibility index (Phi) is 7.97. The van der Waals surface area contributed by atoms with Crippen molar-refractivity contribution in [2.24, 2.45) is 5.92 Å². The van der Waals surface area contributed by atoms with E-state index in [2.05, 4.69) is 44.6 Å². The van der Waals surface area contributed by atoms with E-state index in [-0.39, 0.29) is 0 Å². The van der Waals surface area contributed by atoms with Crippen LogP contribution in [0.3, 0.4) is 0 Å². The van der Waals surface area contributed by atoms with Crippen molar-refractivity contribution < 1.29 is 4.74 Å². The van der Waals surface area contributed by atoms with Gasteiger partial charge >= 0.3 is 0 Å². The third kappa shape index (κ3) is 4.82. The average Bonchev–Trinajstić information content (AvgIpc) is 2.82. The van der Waals surface area contributed by atoms with Crippen LogP contribution in [-0.2, 0) is 24.1 Å². The summed E-state index contributed by atoms with van der Waals surface area (Å²) in [7, 11) is 2.04. The van der Waals surface area contributed by atoms with Crippen LogP contribution in [0.4, 0.5) is 0 Å². The maximum absolute atomic E-state index is 5.72.